The minimum Gasteiger partial charge on any atom is -0.459 e. The van der Waals surface area contributed by atoms with Crippen molar-refractivity contribution < 1.29 is 14.8 Å². The number of rotatable bonds is 4. The smallest absolute Gasteiger partial charge is 0.310 e. The van der Waals surface area contributed by atoms with Gasteiger partial charge in [-0.2, -0.15) is 0 Å². The largest absolute Gasteiger partial charge is 0.459 e. The Hall–Kier alpha value is -1.35. The Kier molecular flexibility index (Phi) is 5.28. The molecule has 0 saturated carbocycles. The van der Waals surface area contributed by atoms with E-state index in [4.69, 9.17) is 4.74 Å². The molecule has 3 heteroatoms. The highest BCUT2D eigenvalue weighted by atomic mass is 16.6. The zero-order chi connectivity index (χ0) is 16.3. The normalized spacial score (nSPS) is 16.6. The van der Waals surface area contributed by atoms with Gasteiger partial charge in [0.1, 0.15) is 5.60 Å². The summed E-state index contributed by atoms with van der Waals surface area (Å²) in [6.07, 6.45) is 2.63. The second-order valence-electron chi connectivity index (χ2n) is 7.27. The molecular formula is C19H30NO2+. The van der Waals surface area contributed by atoms with Crippen LogP contribution in [0.4, 0.5) is 0 Å². The van der Waals surface area contributed by atoms with Crippen molar-refractivity contribution in [2.45, 2.75) is 59.5 Å². The summed E-state index contributed by atoms with van der Waals surface area (Å²) >= 11 is 0. The number of benzene rings is 1. The maximum Gasteiger partial charge on any atom is 0.310 e. The van der Waals surface area contributed by atoms with Crippen LogP contribution in [0.3, 0.4) is 0 Å². The third-order valence-electron chi connectivity index (χ3n) is 4.96. The van der Waals surface area contributed by atoms with Crippen LogP contribution in [-0.4, -0.2) is 24.7 Å². The number of nitrogens with two attached hydrogens (primary N) is 1. The fourth-order valence-corrected chi connectivity index (χ4v) is 3.67. The fourth-order valence-electron chi connectivity index (χ4n) is 3.67. The zero-order valence-corrected chi connectivity index (χ0v) is 14.7. The molecule has 1 aromatic rings. The molecule has 0 bridgehead atoms. The van der Waals surface area contributed by atoms with Crippen LogP contribution in [0.5, 0.6) is 0 Å². The molecule has 2 rings (SSSR count). The summed E-state index contributed by atoms with van der Waals surface area (Å²) in [7, 11) is 0. The summed E-state index contributed by atoms with van der Waals surface area (Å²) in [5.41, 5.74) is 4.35. The van der Waals surface area contributed by atoms with Gasteiger partial charge in [0.05, 0.1) is 19.5 Å². The van der Waals surface area contributed by atoms with E-state index in [0.717, 1.165) is 31.5 Å². The van der Waals surface area contributed by atoms with Crippen LogP contribution >= 0.6 is 0 Å². The Morgan fingerprint density at radius 2 is 1.73 bits per heavy atom. The number of hydrogen-bond donors (Lipinski definition) is 1. The van der Waals surface area contributed by atoms with E-state index < -0.39 is 0 Å². The lowest BCUT2D eigenvalue weighted by atomic mass is 9.83. The summed E-state index contributed by atoms with van der Waals surface area (Å²) in [6.45, 7) is 12.6. The van der Waals surface area contributed by atoms with Crippen LogP contribution in [0.15, 0.2) is 12.1 Å². The first-order valence-electron chi connectivity index (χ1n) is 8.40. The molecule has 1 heterocycles. The van der Waals surface area contributed by atoms with Crippen LogP contribution in [0.2, 0.25) is 0 Å². The average molecular weight is 304 g/mol. The molecule has 1 fully saturated rings. The standard InChI is InChI=1S/C19H29NO2/c1-13-10-14(2)17(15(3)11-13)12-18(21)22-19(4,5)16-6-8-20-9-7-16/h10-11,16,20H,6-9,12H2,1-5H3/p+1. The van der Waals surface area contributed by atoms with E-state index in [0.29, 0.717) is 12.3 Å². The first kappa shape index (κ1) is 17.0. The molecule has 1 aromatic carbocycles. The number of piperidine rings is 1. The van der Waals surface area contributed by atoms with Crippen molar-refractivity contribution in [2.24, 2.45) is 5.92 Å². The second kappa shape index (κ2) is 6.82. The van der Waals surface area contributed by atoms with Crippen LogP contribution in [0, 0.1) is 26.7 Å². The molecule has 122 valence electrons. The van der Waals surface area contributed by atoms with Gasteiger partial charge in [-0.1, -0.05) is 17.7 Å². The van der Waals surface area contributed by atoms with Crippen molar-refractivity contribution in [3.8, 4) is 0 Å². The molecule has 0 unspecified atom stereocenters. The van der Waals surface area contributed by atoms with Crippen molar-refractivity contribution >= 4 is 5.97 Å². The van der Waals surface area contributed by atoms with Crippen molar-refractivity contribution in [2.75, 3.05) is 13.1 Å². The van der Waals surface area contributed by atoms with Crippen LogP contribution in [-0.2, 0) is 16.0 Å². The summed E-state index contributed by atoms with van der Waals surface area (Å²) in [4.78, 5) is 12.4. The Bertz CT molecular complexity index is 519. The first-order valence-corrected chi connectivity index (χ1v) is 8.40. The van der Waals surface area contributed by atoms with E-state index in [1.165, 1.54) is 16.7 Å². The van der Waals surface area contributed by atoms with Gasteiger partial charge in [0.25, 0.3) is 0 Å². The van der Waals surface area contributed by atoms with Gasteiger partial charge in [-0.15, -0.1) is 0 Å². The Labute approximate surface area is 134 Å². The molecule has 0 atom stereocenters. The van der Waals surface area contributed by atoms with E-state index in [9.17, 15) is 4.79 Å². The van der Waals surface area contributed by atoms with Crippen LogP contribution < -0.4 is 5.32 Å². The molecule has 0 spiro atoms. The molecule has 0 amide bonds. The summed E-state index contributed by atoms with van der Waals surface area (Å²) in [6, 6.07) is 4.27. The van der Waals surface area contributed by atoms with E-state index in [1.54, 1.807) is 0 Å². The average Bonchev–Trinajstić information content (AvgIpc) is 2.43. The Morgan fingerprint density at radius 3 is 2.27 bits per heavy atom. The Morgan fingerprint density at radius 1 is 1.18 bits per heavy atom. The Balaban J connectivity index is 2.03. The molecule has 0 radical (unpaired) electrons. The van der Waals surface area contributed by atoms with Gasteiger partial charge in [-0.25, -0.2) is 0 Å². The lowest BCUT2D eigenvalue weighted by molar-refractivity contribution is -0.665. The molecular weight excluding hydrogens is 274 g/mol. The van der Waals surface area contributed by atoms with Crippen molar-refractivity contribution in [1.29, 1.82) is 0 Å². The van der Waals surface area contributed by atoms with Crippen molar-refractivity contribution in [3.05, 3.63) is 34.4 Å². The number of hydrogen-bond acceptors (Lipinski definition) is 2. The maximum absolute atomic E-state index is 12.4. The molecule has 0 aromatic heterocycles. The summed E-state index contributed by atoms with van der Waals surface area (Å²) < 4.78 is 5.87. The number of carbonyl (C=O) groups is 1. The van der Waals surface area contributed by atoms with Gasteiger partial charge in [0.15, 0.2) is 0 Å². The van der Waals surface area contributed by atoms with Crippen molar-refractivity contribution in [1.82, 2.24) is 0 Å². The second-order valence-corrected chi connectivity index (χ2v) is 7.27. The quantitative estimate of drug-likeness (QED) is 0.868. The van der Waals surface area contributed by atoms with Gasteiger partial charge in [0, 0.05) is 18.8 Å². The first-order chi connectivity index (χ1) is 10.3. The highest BCUT2D eigenvalue weighted by Crippen LogP contribution is 2.28. The van der Waals surface area contributed by atoms with Gasteiger partial charge in [-0.05, 0) is 51.3 Å². The molecule has 1 saturated heterocycles. The van der Waals surface area contributed by atoms with E-state index in [2.05, 4.69) is 52.1 Å². The van der Waals surface area contributed by atoms with Gasteiger partial charge in [-0.3, -0.25) is 4.79 Å². The fraction of sp³-hybridized carbons (Fsp3) is 0.632. The van der Waals surface area contributed by atoms with Crippen LogP contribution in [0.1, 0.15) is 48.9 Å². The molecule has 22 heavy (non-hydrogen) atoms. The monoisotopic (exact) mass is 304 g/mol. The molecule has 1 aliphatic rings. The summed E-state index contributed by atoms with van der Waals surface area (Å²) in [5.74, 6) is 0.372. The number of aryl methyl sites for hydroxylation is 3. The van der Waals surface area contributed by atoms with E-state index in [1.807, 2.05) is 0 Å². The number of carbonyl (C=O) groups excluding carboxylic acids is 1. The van der Waals surface area contributed by atoms with Gasteiger partial charge >= 0.3 is 5.97 Å². The minimum atomic E-state index is -0.363. The molecule has 2 N–H and O–H groups in total. The SMILES string of the molecule is Cc1cc(C)c(CC(=O)OC(C)(C)C2CC[NH2+]CC2)c(C)c1. The predicted molar refractivity (Wildman–Crippen MR) is 88.9 cm³/mol. The molecule has 1 aliphatic heterocycles. The van der Waals surface area contributed by atoms with Gasteiger partial charge in [0.2, 0.25) is 0 Å². The zero-order valence-electron chi connectivity index (χ0n) is 14.7. The number of quaternary nitrogens is 1. The third kappa shape index (κ3) is 4.10. The lowest BCUT2D eigenvalue weighted by Gasteiger charge is -2.35. The van der Waals surface area contributed by atoms with Gasteiger partial charge < -0.3 is 10.1 Å². The lowest BCUT2D eigenvalue weighted by Crippen LogP contribution is -2.86. The van der Waals surface area contributed by atoms with Crippen LogP contribution in [0.25, 0.3) is 0 Å². The number of ether oxygens (including phenoxy) is 1. The maximum atomic E-state index is 12.4. The third-order valence-corrected chi connectivity index (χ3v) is 4.96. The highest BCUT2D eigenvalue weighted by molar-refractivity contribution is 5.74. The van der Waals surface area contributed by atoms with E-state index >= 15 is 0 Å². The minimum absolute atomic E-state index is 0.102. The van der Waals surface area contributed by atoms with E-state index in [-0.39, 0.29) is 11.6 Å². The predicted octanol–water partition coefficient (Wildman–Crippen LogP) is 2.45. The summed E-state index contributed by atoms with van der Waals surface area (Å²) in [5, 5.41) is 2.34. The topological polar surface area (TPSA) is 42.9 Å². The molecule has 3 nitrogen and oxygen atoms in total. The molecule has 0 aliphatic carbocycles. The van der Waals surface area contributed by atoms with Crippen molar-refractivity contribution in [3.63, 3.8) is 0 Å². The number of esters is 1. The highest BCUT2D eigenvalue weighted by Gasteiger charge is 2.35.